The number of methoxy groups -OCH3 is 1. The van der Waals surface area contributed by atoms with Crippen LogP contribution in [-0.4, -0.2) is 7.11 Å². The summed E-state index contributed by atoms with van der Waals surface area (Å²) in [5.74, 6) is 1.36. The van der Waals surface area contributed by atoms with Gasteiger partial charge >= 0.3 is 0 Å². The van der Waals surface area contributed by atoms with Gasteiger partial charge in [-0.2, -0.15) is 0 Å². The molecule has 0 heterocycles. The van der Waals surface area contributed by atoms with Crippen LogP contribution < -0.4 is 10.5 Å². The van der Waals surface area contributed by atoms with Crippen LogP contribution in [0.3, 0.4) is 0 Å². The van der Waals surface area contributed by atoms with E-state index in [1.54, 1.807) is 7.11 Å². The zero-order chi connectivity index (χ0) is 11.7. The Hall–Kier alpha value is -1.70. The standard InChI is InChI=1S/C14H17NO/c1-9(2)11-7-10-5-4-6-13(15)12(10)8-14(11)16-3/h4-9H,15H2,1-3H3. The van der Waals surface area contributed by atoms with E-state index in [4.69, 9.17) is 10.5 Å². The molecule has 0 aliphatic heterocycles. The molecule has 0 saturated heterocycles. The first kappa shape index (κ1) is 10.8. The van der Waals surface area contributed by atoms with Crippen LogP contribution in [-0.2, 0) is 0 Å². The molecule has 0 aliphatic carbocycles. The summed E-state index contributed by atoms with van der Waals surface area (Å²) in [6, 6.07) is 10.2. The Morgan fingerprint density at radius 2 is 1.94 bits per heavy atom. The van der Waals surface area contributed by atoms with Gasteiger partial charge < -0.3 is 10.5 Å². The minimum Gasteiger partial charge on any atom is -0.496 e. The SMILES string of the molecule is COc1cc2c(N)cccc2cc1C(C)C. The monoisotopic (exact) mass is 215 g/mol. The predicted octanol–water partition coefficient (Wildman–Crippen LogP) is 3.55. The van der Waals surface area contributed by atoms with Crippen molar-refractivity contribution in [3.63, 3.8) is 0 Å². The molecule has 16 heavy (non-hydrogen) atoms. The van der Waals surface area contributed by atoms with Crippen LogP contribution in [0.2, 0.25) is 0 Å². The number of nitrogens with two attached hydrogens (primary N) is 1. The zero-order valence-electron chi connectivity index (χ0n) is 9.95. The fourth-order valence-corrected chi connectivity index (χ4v) is 1.98. The first-order valence-electron chi connectivity index (χ1n) is 5.49. The highest BCUT2D eigenvalue weighted by Crippen LogP contribution is 2.33. The van der Waals surface area contributed by atoms with Crippen molar-refractivity contribution in [3.8, 4) is 5.75 Å². The minimum atomic E-state index is 0.445. The first-order chi connectivity index (χ1) is 7.63. The number of benzene rings is 2. The van der Waals surface area contributed by atoms with Crippen molar-refractivity contribution >= 4 is 16.5 Å². The van der Waals surface area contributed by atoms with Gasteiger partial charge in [-0.05, 0) is 35.1 Å². The number of rotatable bonds is 2. The normalized spacial score (nSPS) is 11.0. The van der Waals surface area contributed by atoms with Gasteiger partial charge in [-0.3, -0.25) is 0 Å². The van der Waals surface area contributed by atoms with E-state index < -0.39 is 0 Å². The molecule has 2 aromatic rings. The largest absolute Gasteiger partial charge is 0.496 e. The van der Waals surface area contributed by atoms with E-state index in [2.05, 4.69) is 26.0 Å². The van der Waals surface area contributed by atoms with Crippen LogP contribution in [0, 0.1) is 0 Å². The second-order valence-electron chi connectivity index (χ2n) is 4.32. The van der Waals surface area contributed by atoms with Gasteiger partial charge in [0.05, 0.1) is 7.11 Å². The van der Waals surface area contributed by atoms with Gasteiger partial charge in [-0.25, -0.2) is 0 Å². The molecule has 2 aromatic carbocycles. The van der Waals surface area contributed by atoms with Gasteiger partial charge in [0.25, 0.3) is 0 Å². The molecule has 0 amide bonds. The molecular weight excluding hydrogens is 198 g/mol. The Morgan fingerprint density at radius 1 is 1.19 bits per heavy atom. The quantitative estimate of drug-likeness (QED) is 0.777. The minimum absolute atomic E-state index is 0.445. The Labute approximate surface area is 96.0 Å². The van der Waals surface area contributed by atoms with Gasteiger partial charge in [0.15, 0.2) is 0 Å². The molecule has 2 rings (SSSR count). The average molecular weight is 215 g/mol. The van der Waals surface area contributed by atoms with Gasteiger partial charge in [-0.1, -0.05) is 26.0 Å². The fraction of sp³-hybridized carbons (Fsp3) is 0.286. The predicted molar refractivity (Wildman–Crippen MR) is 69.0 cm³/mol. The van der Waals surface area contributed by atoms with Crippen LogP contribution in [0.25, 0.3) is 10.8 Å². The molecule has 84 valence electrons. The highest BCUT2D eigenvalue weighted by Gasteiger charge is 2.09. The first-order valence-corrected chi connectivity index (χ1v) is 5.49. The maximum absolute atomic E-state index is 5.95. The van der Waals surface area contributed by atoms with Crippen LogP contribution >= 0.6 is 0 Å². The van der Waals surface area contributed by atoms with Gasteiger partial charge in [0.2, 0.25) is 0 Å². The summed E-state index contributed by atoms with van der Waals surface area (Å²) in [4.78, 5) is 0. The van der Waals surface area contributed by atoms with Gasteiger partial charge in [-0.15, -0.1) is 0 Å². The number of hydrogen-bond donors (Lipinski definition) is 1. The summed E-state index contributed by atoms with van der Waals surface area (Å²) in [6.07, 6.45) is 0. The molecule has 2 N–H and O–H groups in total. The number of anilines is 1. The van der Waals surface area contributed by atoms with Crippen LogP contribution in [0.5, 0.6) is 5.75 Å². The maximum atomic E-state index is 5.95. The molecule has 0 spiro atoms. The van der Waals surface area contributed by atoms with E-state index in [-0.39, 0.29) is 0 Å². The third-order valence-corrected chi connectivity index (χ3v) is 2.89. The summed E-state index contributed by atoms with van der Waals surface area (Å²) in [5, 5.41) is 2.23. The smallest absolute Gasteiger partial charge is 0.123 e. The molecule has 0 radical (unpaired) electrons. The third kappa shape index (κ3) is 1.71. The highest BCUT2D eigenvalue weighted by molar-refractivity contribution is 5.94. The molecular formula is C14H17NO. The molecule has 0 atom stereocenters. The van der Waals surface area contributed by atoms with Crippen molar-refractivity contribution in [1.82, 2.24) is 0 Å². The lowest BCUT2D eigenvalue weighted by Gasteiger charge is -2.14. The van der Waals surface area contributed by atoms with E-state index in [0.29, 0.717) is 5.92 Å². The van der Waals surface area contributed by atoms with Crippen molar-refractivity contribution in [1.29, 1.82) is 0 Å². The van der Waals surface area contributed by atoms with Crippen molar-refractivity contribution in [2.75, 3.05) is 12.8 Å². The van der Waals surface area contributed by atoms with Crippen LogP contribution in [0.4, 0.5) is 5.69 Å². The van der Waals surface area contributed by atoms with Crippen molar-refractivity contribution in [2.24, 2.45) is 0 Å². The van der Waals surface area contributed by atoms with E-state index in [0.717, 1.165) is 16.8 Å². The van der Waals surface area contributed by atoms with E-state index in [1.165, 1.54) is 10.9 Å². The Balaban J connectivity index is 2.75. The second kappa shape index (κ2) is 4.05. The van der Waals surface area contributed by atoms with Crippen molar-refractivity contribution < 1.29 is 4.74 Å². The molecule has 0 fully saturated rings. The Kier molecular flexibility index (Phi) is 2.73. The summed E-state index contributed by atoms with van der Waals surface area (Å²) in [5.41, 5.74) is 7.97. The molecule has 0 aromatic heterocycles. The fourth-order valence-electron chi connectivity index (χ4n) is 1.98. The summed E-state index contributed by atoms with van der Waals surface area (Å²) < 4.78 is 5.41. The number of hydrogen-bond acceptors (Lipinski definition) is 2. The molecule has 2 nitrogen and oxygen atoms in total. The number of nitrogen functional groups attached to an aromatic ring is 1. The van der Waals surface area contributed by atoms with Crippen LogP contribution in [0.1, 0.15) is 25.3 Å². The summed E-state index contributed by atoms with van der Waals surface area (Å²) in [7, 11) is 1.70. The lowest BCUT2D eigenvalue weighted by Crippen LogP contribution is -1.96. The van der Waals surface area contributed by atoms with Crippen molar-refractivity contribution in [3.05, 3.63) is 35.9 Å². The summed E-state index contributed by atoms with van der Waals surface area (Å²) in [6.45, 7) is 4.33. The van der Waals surface area contributed by atoms with Gasteiger partial charge in [0.1, 0.15) is 5.75 Å². The van der Waals surface area contributed by atoms with E-state index in [1.807, 2.05) is 18.2 Å². The maximum Gasteiger partial charge on any atom is 0.123 e. The zero-order valence-corrected chi connectivity index (χ0v) is 9.95. The molecule has 2 heteroatoms. The molecule has 0 unspecified atom stereocenters. The van der Waals surface area contributed by atoms with E-state index in [9.17, 15) is 0 Å². The Bertz CT molecular complexity index is 517. The van der Waals surface area contributed by atoms with Crippen LogP contribution in [0.15, 0.2) is 30.3 Å². The summed E-state index contributed by atoms with van der Waals surface area (Å²) >= 11 is 0. The molecule has 0 saturated carbocycles. The Morgan fingerprint density at radius 3 is 2.56 bits per heavy atom. The van der Waals surface area contributed by atoms with Gasteiger partial charge in [0, 0.05) is 11.1 Å². The lowest BCUT2D eigenvalue weighted by molar-refractivity contribution is 0.408. The second-order valence-corrected chi connectivity index (χ2v) is 4.32. The topological polar surface area (TPSA) is 35.2 Å². The lowest BCUT2D eigenvalue weighted by atomic mass is 9.97. The average Bonchev–Trinajstić information content (AvgIpc) is 2.28. The number of fused-ring (bicyclic) bond motifs is 1. The molecule has 0 aliphatic rings. The highest BCUT2D eigenvalue weighted by atomic mass is 16.5. The third-order valence-electron chi connectivity index (χ3n) is 2.89. The van der Waals surface area contributed by atoms with E-state index >= 15 is 0 Å². The van der Waals surface area contributed by atoms with Crippen molar-refractivity contribution in [2.45, 2.75) is 19.8 Å². The molecule has 0 bridgehead atoms. The number of ether oxygens (including phenoxy) is 1.